The van der Waals surface area contributed by atoms with Gasteiger partial charge < -0.3 is 0 Å². The Morgan fingerprint density at radius 1 is 1.13 bits per heavy atom. The van der Waals surface area contributed by atoms with Gasteiger partial charge in [0.25, 0.3) is 0 Å². The van der Waals surface area contributed by atoms with Gasteiger partial charge >= 0.3 is 0 Å². The lowest BCUT2D eigenvalue weighted by Gasteiger charge is -2.16. The number of carbonyl (C=O) groups excluding carboxylic acids is 2. The van der Waals surface area contributed by atoms with Crippen LogP contribution in [0.3, 0.4) is 0 Å². The van der Waals surface area contributed by atoms with E-state index in [2.05, 4.69) is 5.92 Å². The third kappa shape index (κ3) is 2.44. The van der Waals surface area contributed by atoms with Crippen LogP contribution in [0.1, 0.15) is 19.4 Å². The summed E-state index contributed by atoms with van der Waals surface area (Å²) in [5.41, 5.74) is 1.25. The molecule has 15 heavy (non-hydrogen) atoms. The lowest BCUT2D eigenvalue weighted by molar-refractivity contribution is -0.124. The van der Waals surface area contributed by atoms with Crippen molar-refractivity contribution in [3.05, 3.63) is 29.8 Å². The van der Waals surface area contributed by atoms with Gasteiger partial charge in [0.05, 0.1) is 5.69 Å². The molecule has 1 rings (SSSR count). The molecule has 0 spiro atoms. The van der Waals surface area contributed by atoms with Crippen LogP contribution in [-0.4, -0.2) is 11.8 Å². The van der Waals surface area contributed by atoms with Gasteiger partial charge in [-0.15, -0.1) is 6.42 Å². The van der Waals surface area contributed by atoms with Gasteiger partial charge in [0.15, 0.2) is 0 Å². The Kier molecular flexibility index (Phi) is 3.25. The first-order valence-corrected chi connectivity index (χ1v) is 4.44. The highest BCUT2D eigenvalue weighted by atomic mass is 16.2. The number of hydrogen-bond acceptors (Lipinski definition) is 2. The van der Waals surface area contributed by atoms with E-state index in [0.29, 0.717) is 11.3 Å². The average molecular weight is 201 g/mol. The van der Waals surface area contributed by atoms with Crippen molar-refractivity contribution in [3.63, 3.8) is 0 Å². The fourth-order valence-corrected chi connectivity index (χ4v) is 1.29. The summed E-state index contributed by atoms with van der Waals surface area (Å²) >= 11 is 0. The van der Waals surface area contributed by atoms with Crippen LogP contribution in [0.4, 0.5) is 5.69 Å². The molecular formula is C12H11NO2. The second-order valence-electron chi connectivity index (χ2n) is 3.06. The fraction of sp³-hybridized carbons (Fsp3) is 0.167. The lowest BCUT2D eigenvalue weighted by Crippen LogP contribution is -2.32. The number of benzene rings is 1. The summed E-state index contributed by atoms with van der Waals surface area (Å²) in [7, 11) is 0. The lowest BCUT2D eigenvalue weighted by atomic mass is 10.2. The highest BCUT2D eigenvalue weighted by Gasteiger charge is 2.15. The number of anilines is 1. The van der Waals surface area contributed by atoms with Crippen molar-refractivity contribution in [1.29, 1.82) is 0 Å². The molecule has 1 aromatic rings. The SMILES string of the molecule is C#Cc1ccc(N(C(C)=O)C(C)=O)cc1. The van der Waals surface area contributed by atoms with Crippen molar-refractivity contribution in [2.45, 2.75) is 13.8 Å². The zero-order valence-corrected chi connectivity index (χ0v) is 8.65. The second-order valence-corrected chi connectivity index (χ2v) is 3.06. The first-order chi connectivity index (χ1) is 7.06. The Hall–Kier alpha value is -2.08. The summed E-state index contributed by atoms with van der Waals surface area (Å²) in [6, 6.07) is 6.68. The summed E-state index contributed by atoms with van der Waals surface area (Å²) < 4.78 is 0. The maximum absolute atomic E-state index is 11.2. The van der Waals surface area contributed by atoms with Gasteiger partial charge in [-0.3, -0.25) is 14.5 Å². The van der Waals surface area contributed by atoms with Crippen LogP contribution < -0.4 is 4.90 Å². The highest BCUT2D eigenvalue weighted by Crippen LogP contribution is 2.15. The van der Waals surface area contributed by atoms with Gasteiger partial charge in [-0.2, -0.15) is 0 Å². The van der Waals surface area contributed by atoms with E-state index >= 15 is 0 Å². The van der Waals surface area contributed by atoms with E-state index in [4.69, 9.17) is 6.42 Å². The molecule has 0 N–H and O–H groups in total. The predicted octanol–water partition coefficient (Wildman–Crippen LogP) is 1.57. The van der Waals surface area contributed by atoms with Crippen molar-refractivity contribution in [1.82, 2.24) is 0 Å². The maximum atomic E-state index is 11.2. The molecule has 0 aromatic heterocycles. The van der Waals surface area contributed by atoms with Gasteiger partial charge in [-0.1, -0.05) is 5.92 Å². The number of nitrogens with zero attached hydrogens (tertiary/aromatic N) is 1. The first kappa shape index (κ1) is 11.0. The molecule has 3 nitrogen and oxygen atoms in total. The van der Waals surface area contributed by atoms with E-state index in [1.807, 2.05) is 0 Å². The predicted molar refractivity (Wildman–Crippen MR) is 58.2 cm³/mol. The van der Waals surface area contributed by atoms with Crippen molar-refractivity contribution < 1.29 is 9.59 Å². The Bertz CT molecular complexity index is 412. The molecule has 0 saturated carbocycles. The topological polar surface area (TPSA) is 37.4 Å². The van der Waals surface area contributed by atoms with Crippen LogP contribution >= 0.6 is 0 Å². The van der Waals surface area contributed by atoms with Crippen LogP contribution in [0, 0.1) is 12.3 Å². The van der Waals surface area contributed by atoms with E-state index in [-0.39, 0.29) is 11.8 Å². The zero-order valence-electron chi connectivity index (χ0n) is 8.65. The normalized spacial score (nSPS) is 9.13. The molecule has 2 amide bonds. The standard InChI is InChI=1S/C12H11NO2/c1-4-11-5-7-12(8-6-11)13(9(2)14)10(3)15/h1,5-8H,2-3H3. The van der Waals surface area contributed by atoms with Gasteiger partial charge in [0.2, 0.25) is 11.8 Å². The van der Waals surface area contributed by atoms with E-state index in [1.54, 1.807) is 24.3 Å². The van der Waals surface area contributed by atoms with E-state index in [1.165, 1.54) is 13.8 Å². The van der Waals surface area contributed by atoms with E-state index in [9.17, 15) is 9.59 Å². The first-order valence-electron chi connectivity index (χ1n) is 4.44. The Morgan fingerprint density at radius 2 is 1.60 bits per heavy atom. The number of rotatable bonds is 1. The van der Waals surface area contributed by atoms with Crippen LogP contribution in [0.5, 0.6) is 0 Å². The molecule has 0 aliphatic rings. The molecule has 76 valence electrons. The highest BCUT2D eigenvalue weighted by molar-refractivity contribution is 6.13. The summed E-state index contributed by atoms with van der Waals surface area (Å²) in [5.74, 6) is 1.84. The average Bonchev–Trinajstić information content (AvgIpc) is 2.18. The molecule has 0 aliphatic carbocycles. The quantitative estimate of drug-likeness (QED) is 0.647. The molecule has 0 heterocycles. The van der Waals surface area contributed by atoms with Crippen molar-refractivity contribution >= 4 is 17.5 Å². The largest absolute Gasteiger partial charge is 0.274 e. The molecule has 3 heteroatoms. The van der Waals surface area contributed by atoms with Crippen LogP contribution in [0.2, 0.25) is 0 Å². The smallest absolute Gasteiger partial charge is 0.230 e. The second kappa shape index (κ2) is 4.43. The minimum absolute atomic E-state index is 0.309. The van der Waals surface area contributed by atoms with E-state index in [0.717, 1.165) is 4.90 Å². The molecule has 0 radical (unpaired) electrons. The van der Waals surface area contributed by atoms with Crippen molar-refractivity contribution in [3.8, 4) is 12.3 Å². The van der Waals surface area contributed by atoms with Gasteiger partial charge in [0, 0.05) is 19.4 Å². The summed E-state index contributed by atoms with van der Waals surface area (Å²) in [4.78, 5) is 23.5. The van der Waals surface area contributed by atoms with Crippen LogP contribution in [-0.2, 0) is 9.59 Å². The summed E-state index contributed by atoms with van der Waals surface area (Å²) in [6.45, 7) is 2.69. The number of imide groups is 1. The minimum Gasteiger partial charge on any atom is -0.274 e. The Morgan fingerprint density at radius 3 is 1.93 bits per heavy atom. The van der Waals surface area contributed by atoms with Gasteiger partial charge in [-0.25, -0.2) is 0 Å². The van der Waals surface area contributed by atoms with Crippen molar-refractivity contribution in [2.75, 3.05) is 4.90 Å². The van der Waals surface area contributed by atoms with Gasteiger partial charge in [-0.05, 0) is 24.3 Å². The zero-order chi connectivity index (χ0) is 11.4. The number of terminal acetylenes is 1. The van der Waals surface area contributed by atoms with E-state index < -0.39 is 0 Å². The number of carbonyl (C=O) groups is 2. The minimum atomic E-state index is -0.309. The molecule has 1 aromatic carbocycles. The van der Waals surface area contributed by atoms with Crippen molar-refractivity contribution in [2.24, 2.45) is 0 Å². The molecule has 0 bridgehead atoms. The molecule has 0 aliphatic heterocycles. The van der Waals surface area contributed by atoms with Crippen LogP contribution in [0.15, 0.2) is 24.3 Å². The third-order valence-electron chi connectivity index (χ3n) is 1.92. The maximum Gasteiger partial charge on any atom is 0.230 e. The monoisotopic (exact) mass is 201 g/mol. The fourth-order valence-electron chi connectivity index (χ4n) is 1.29. The third-order valence-corrected chi connectivity index (χ3v) is 1.92. The van der Waals surface area contributed by atoms with Crippen LogP contribution in [0.25, 0.3) is 0 Å². The Balaban J connectivity index is 3.09. The molecular weight excluding hydrogens is 190 g/mol. The molecule has 0 fully saturated rings. The molecule has 0 saturated heterocycles. The number of amides is 2. The summed E-state index contributed by atoms with van der Waals surface area (Å²) in [5, 5.41) is 0. The number of hydrogen-bond donors (Lipinski definition) is 0. The summed E-state index contributed by atoms with van der Waals surface area (Å²) in [6.07, 6.45) is 5.20. The van der Waals surface area contributed by atoms with Gasteiger partial charge in [0.1, 0.15) is 0 Å². The Labute approximate surface area is 88.7 Å². The molecule has 0 atom stereocenters. The molecule has 0 unspecified atom stereocenters.